The highest BCUT2D eigenvalue weighted by atomic mass is 16.7. The molecular formula is C17H32O4. The van der Waals surface area contributed by atoms with E-state index in [4.69, 9.17) is 14.2 Å². The van der Waals surface area contributed by atoms with Crippen LogP contribution >= 0.6 is 0 Å². The Labute approximate surface area is 129 Å². The molecule has 21 heavy (non-hydrogen) atoms. The number of carbonyl (C=O) groups excluding carboxylic acids is 1. The number of hydrogen-bond donors (Lipinski definition) is 0. The van der Waals surface area contributed by atoms with E-state index in [1.165, 1.54) is 32.1 Å². The Morgan fingerprint density at radius 2 is 1.57 bits per heavy atom. The van der Waals surface area contributed by atoms with Crippen LogP contribution in [0.15, 0.2) is 0 Å². The van der Waals surface area contributed by atoms with Crippen molar-refractivity contribution in [1.82, 2.24) is 0 Å². The van der Waals surface area contributed by atoms with Crippen molar-refractivity contribution in [3.05, 3.63) is 0 Å². The third kappa shape index (κ3) is 9.10. The second-order valence-corrected chi connectivity index (χ2v) is 5.87. The van der Waals surface area contributed by atoms with E-state index in [9.17, 15) is 4.79 Å². The topological polar surface area (TPSA) is 44.8 Å². The van der Waals surface area contributed by atoms with Crippen molar-refractivity contribution in [3.63, 3.8) is 0 Å². The molecule has 1 aliphatic rings. The Kier molecular flexibility index (Phi) is 10.5. The lowest BCUT2D eigenvalue weighted by atomic mass is 10.1. The minimum Gasteiger partial charge on any atom is -0.457 e. The van der Waals surface area contributed by atoms with E-state index < -0.39 is 0 Å². The molecule has 0 amide bonds. The molecule has 4 heteroatoms. The maximum Gasteiger partial charge on any atom is 0.306 e. The normalized spacial score (nSPS) is 22.2. The molecule has 0 radical (unpaired) electrons. The maximum absolute atomic E-state index is 11.7. The molecule has 0 N–H and O–H groups in total. The van der Waals surface area contributed by atoms with Gasteiger partial charge in [-0.15, -0.1) is 0 Å². The molecule has 4 nitrogen and oxygen atoms in total. The van der Waals surface area contributed by atoms with Crippen LogP contribution in [-0.4, -0.2) is 31.6 Å². The number of esters is 1. The van der Waals surface area contributed by atoms with Crippen LogP contribution in [0.2, 0.25) is 0 Å². The summed E-state index contributed by atoms with van der Waals surface area (Å²) in [7, 11) is 0. The van der Waals surface area contributed by atoms with Gasteiger partial charge in [0.15, 0.2) is 6.29 Å². The Hall–Kier alpha value is -0.610. The molecule has 0 unspecified atom stereocenters. The first kappa shape index (κ1) is 18.4. The van der Waals surface area contributed by atoms with Gasteiger partial charge in [0.05, 0.1) is 13.2 Å². The lowest BCUT2D eigenvalue weighted by Crippen LogP contribution is -2.38. The highest BCUT2D eigenvalue weighted by Gasteiger charge is 2.24. The van der Waals surface area contributed by atoms with Gasteiger partial charge in [0.2, 0.25) is 0 Å². The standard InChI is InChI=1S/C17H32O4/c1-3-5-6-7-8-9-10-12-16(18)21-15-13-19-17(11-4-2)20-14-15/h15,17H,3-14H2,1-2H3. The number of carbonyl (C=O) groups is 1. The van der Waals surface area contributed by atoms with Crippen LogP contribution in [0.25, 0.3) is 0 Å². The predicted molar refractivity (Wildman–Crippen MR) is 83.1 cm³/mol. The first-order chi connectivity index (χ1) is 10.3. The molecule has 1 fully saturated rings. The van der Waals surface area contributed by atoms with Crippen molar-refractivity contribution in [2.45, 2.75) is 90.4 Å². The van der Waals surface area contributed by atoms with Gasteiger partial charge in [-0.3, -0.25) is 4.79 Å². The molecule has 1 heterocycles. The molecule has 0 aromatic heterocycles. The quantitative estimate of drug-likeness (QED) is 0.423. The average Bonchev–Trinajstić information content (AvgIpc) is 2.49. The molecule has 0 aromatic carbocycles. The molecule has 0 aromatic rings. The van der Waals surface area contributed by atoms with Crippen LogP contribution < -0.4 is 0 Å². The molecular weight excluding hydrogens is 268 g/mol. The van der Waals surface area contributed by atoms with Gasteiger partial charge in [-0.05, 0) is 12.8 Å². The maximum atomic E-state index is 11.7. The molecule has 0 atom stereocenters. The molecule has 0 bridgehead atoms. The van der Waals surface area contributed by atoms with Crippen LogP contribution in [-0.2, 0) is 19.0 Å². The van der Waals surface area contributed by atoms with E-state index in [2.05, 4.69) is 13.8 Å². The lowest BCUT2D eigenvalue weighted by Gasteiger charge is -2.28. The third-order valence-electron chi connectivity index (χ3n) is 3.74. The van der Waals surface area contributed by atoms with Gasteiger partial charge in [0.1, 0.15) is 6.10 Å². The van der Waals surface area contributed by atoms with Gasteiger partial charge in [0.25, 0.3) is 0 Å². The summed E-state index contributed by atoms with van der Waals surface area (Å²) in [6.07, 6.45) is 10.6. The molecule has 0 aliphatic carbocycles. The van der Waals surface area contributed by atoms with Crippen LogP contribution in [0.5, 0.6) is 0 Å². The Balaban J connectivity index is 1.96. The summed E-state index contributed by atoms with van der Waals surface area (Å²) < 4.78 is 16.4. The summed E-state index contributed by atoms with van der Waals surface area (Å²) in [4.78, 5) is 11.7. The number of unbranched alkanes of at least 4 members (excludes halogenated alkanes) is 6. The summed E-state index contributed by atoms with van der Waals surface area (Å²) in [5, 5.41) is 0. The summed E-state index contributed by atoms with van der Waals surface area (Å²) in [6, 6.07) is 0. The van der Waals surface area contributed by atoms with E-state index in [0.717, 1.165) is 25.7 Å². The van der Waals surface area contributed by atoms with E-state index in [1.807, 2.05) is 0 Å². The van der Waals surface area contributed by atoms with E-state index in [1.54, 1.807) is 0 Å². The first-order valence-electron chi connectivity index (χ1n) is 8.69. The van der Waals surface area contributed by atoms with Crippen LogP contribution in [0, 0.1) is 0 Å². The van der Waals surface area contributed by atoms with Gasteiger partial charge < -0.3 is 14.2 Å². The van der Waals surface area contributed by atoms with Gasteiger partial charge >= 0.3 is 5.97 Å². The zero-order valence-corrected chi connectivity index (χ0v) is 13.8. The van der Waals surface area contributed by atoms with Gasteiger partial charge in [-0.1, -0.05) is 58.8 Å². The smallest absolute Gasteiger partial charge is 0.306 e. The van der Waals surface area contributed by atoms with Crippen molar-refractivity contribution in [2.75, 3.05) is 13.2 Å². The first-order valence-corrected chi connectivity index (χ1v) is 8.69. The monoisotopic (exact) mass is 300 g/mol. The summed E-state index contributed by atoms with van der Waals surface area (Å²) >= 11 is 0. The van der Waals surface area contributed by atoms with Crippen molar-refractivity contribution in [3.8, 4) is 0 Å². The van der Waals surface area contributed by atoms with Crippen LogP contribution in [0.1, 0.15) is 78.1 Å². The Bertz CT molecular complexity index is 260. The number of ether oxygens (including phenoxy) is 3. The van der Waals surface area contributed by atoms with E-state index in [0.29, 0.717) is 19.6 Å². The summed E-state index contributed by atoms with van der Waals surface area (Å²) in [6.45, 7) is 5.25. The fourth-order valence-electron chi connectivity index (χ4n) is 2.47. The van der Waals surface area contributed by atoms with E-state index >= 15 is 0 Å². The number of hydrogen-bond acceptors (Lipinski definition) is 4. The van der Waals surface area contributed by atoms with Gasteiger partial charge in [-0.2, -0.15) is 0 Å². The predicted octanol–water partition coefficient (Wildman–Crippen LogP) is 4.21. The molecule has 0 spiro atoms. The fraction of sp³-hybridized carbons (Fsp3) is 0.941. The van der Waals surface area contributed by atoms with Gasteiger partial charge in [0, 0.05) is 6.42 Å². The SMILES string of the molecule is CCCCCCCCCC(=O)OC1COC(CCC)OC1. The van der Waals surface area contributed by atoms with Gasteiger partial charge in [-0.25, -0.2) is 0 Å². The fourth-order valence-corrected chi connectivity index (χ4v) is 2.47. The molecule has 1 aliphatic heterocycles. The van der Waals surface area contributed by atoms with Crippen molar-refractivity contribution in [2.24, 2.45) is 0 Å². The second kappa shape index (κ2) is 12.0. The largest absolute Gasteiger partial charge is 0.457 e. The third-order valence-corrected chi connectivity index (χ3v) is 3.74. The highest BCUT2D eigenvalue weighted by Crippen LogP contribution is 2.14. The Morgan fingerprint density at radius 1 is 0.952 bits per heavy atom. The van der Waals surface area contributed by atoms with E-state index in [-0.39, 0.29) is 18.4 Å². The minimum absolute atomic E-state index is 0.116. The van der Waals surface area contributed by atoms with Crippen LogP contribution in [0.4, 0.5) is 0 Å². The average molecular weight is 300 g/mol. The number of rotatable bonds is 11. The van der Waals surface area contributed by atoms with Crippen molar-refractivity contribution < 1.29 is 19.0 Å². The summed E-state index contributed by atoms with van der Waals surface area (Å²) in [5.41, 5.74) is 0. The van der Waals surface area contributed by atoms with Crippen molar-refractivity contribution in [1.29, 1.82) is 0 Å². The molecule has 124 valence electrons. The zero-order valence-electron chi connectivity index (χ0n) is 13.8. The zero-order chi connectivity index (χ0) is 15.3. The Morgan fingerprint density at radius 3 is 2.19 bits per heavy atom. The minimum atomic E-state index is -0.227. The summed E-state index contributed by atoms with van der Waals surface area (Å²) in [5.74, 6) is -0.116. The molecule has 1 saturated heterocycles. The molecule has 0 saturated carbocycles. The van der Waals surface area contributed by atoms with Crippen LogP contribution in [0.3, 0.4) is 0 Å². The molecule has 1 rings (SSSR count). The van der Waals surface area contributed by atoms with Crippen molar-refractivity contribution >= 4 is 5.97 Å². The lowest BCUT2D eigenvalue weighted by molar-refractivity contribution is -0.227. The highest BCUT2D eigenvalue weighted by molar-refractivity contribution is 5.69. The second-order valence-electron chi connectivity index (χ2n) is 5.87.